The zero-order valence-corrected chi connectivity index (χ0v) is 13.7. The fourth-order valence-electron chi connectivity index (χ4n) is 1.94. The van der Waals surface area contributed by atoms with Crippen molar-refractivity contribution < 1.29 is 22.8 Å². The monoisotopic (exact) mass is 345 g/mol. The molecule has 0 radical (unpaired) electrons. The van der Waals surface area contributed by atoms with Gasteiger partial charge in [0, 0.05) is 28.5 Å². The molecule has 2 aromatic heterocycles. The molecule has 0 spiro atoms. The maximum atomic E-state index is 12.4. The number of hydrogen-bond acceptors (Lipinski definition) is 5. The Kier molecular flexibility index (Phi) is 5.78. The number of aromatic amines is 1. The van der Waals surface area contributed by atoms with E-state index in [2.05, 4.69) is 15.0 Å². The predicted molar refractivity (Wildman–Crippen MR) is 80.5 cm³/mol. The van der Waals surface area contributed by atoms with Crippen LogP contribution in [0.25, 0.3) is 0 Å². The molecule has 1 unspecified atom stereocenters. The van der Waals surface area contributed by atoms with Crippen molar-refractivity contribution in [3.05, 3.63) is 29.2 Å². The Hall–Kier alpha value is -1.87. The highest BCUT2D eigenvalue weighted by Crippen LogP contribution is 2.24. The molecule has 0 aliphatic rings. The molecule has 0 aliphatic carbocycles. The van der Waals surface area contributed by atoms with Crippen molar-refractivity contribution in [3.8, 4) is 11.6 Å². The number of ether oxygens (including phenoxy) is 2. The average molecular weight is 345 g/mol. The molecule has 0 aromatic carbocycles. The van der Waals surface area contributed by atoms with Crippen molar-refractivity contribution >= 4 is 11.2 Å². The van der Waals surface area contributed by atoms with Crippen LogP contribution < -0.4 is 9.47 Å². The van der Waals surface area contributed by atoms with E-state index >= 15 is 0 Å². The molecule has 2 aromatic rings. The lowest BCUT2D eigenvalue weighted by atomic mass is 10.2. The number of methoxy groups -OCH3 is 1. The largest absolute Gasteiger partial charge is 0.609 e. The van der Waals surface area contributed by atoms with Crippen molar-refractivity contribution in [2.45, 2.75) is 31.2 Å². The lowest BCUT2D eigenvalue weighted by Crippen LogP contribution is -2.11. The quantitative estimate of drug-likeness (QED) is 0.779. The minimum Gasteiger partial charge on any atom is -0.609 e. The summed E-state index contributed by atoms with van der Waals surface area (Å²) in [6.07, 6.45) is -1.29. The minimum absolute atomic E-state index is 0.0137. The van der Waals surface area contributed by atoms with E-state index < -0.39 is 24.2 Å². The molecule has 1 atom stereocenters. The summed E-state index contributed by atoms with van der Waals surface area (Å²) in [6, 6.07) is 1.80. The predicted octanol–water partition coefficient (Wildman–Crippen LogP) is 2.38. The number of rotatable bonds is 7. The van der Waals surface area contributed by atoms with E-state index in [0.717, 1.165) is 11.3 Å². The van der Waals surface area contributed by atoms with Crippen LogP contribution in [-0.2, 0) is 16.9 Å². The second-order valence-corrected chi connectivity index (χ2v) is 6.14. The molecule has 6 nitrogen and oxygen atoms in total. The van der Waals surface area contributed by atoms with Gasteiger partial charge in [0.15, 0.2) is 12.4 Å². The van der Waals surface area contributed by atoms with E-state index in [-0.39, 0.29) is 16.8 Å². The topological polar surface area (TPSA) is 83.1 Å². The molecule has 1 N–H and O–H groups in total. The summed E-state index contributed by atoms with van der Waals surface area (Å²) in [4.78, 5) is 10.9. The molecular formula is C14H17F2N3O3S. The summed E-state index contributed by atoms with van der Waals surface area (Å²) in [7, 11) is 1.56. The van der Waals surface area contributed by atoms with Crippen molar-refractivity contribution in [1.29, 1.82) is 0 Å². The van der Waals surface area contributed by atoms with E-state index in [1.807, 2.05) is 13.8 Å². The number of pyridine rings is 1. The Labute approximate surface area is 135 Å². The van der Waals surface area contributed by atoms with Gasteiger partial charge >= 0.3 is 5.16 Å². The lowest BCUT2D eigenvalue weighted by molar-refractivity contribution is 0.0796. The molecular weight excluding hydrogens is 328 g/mol. The lowest BCUT2D eigenvalue weighted by Gasteiger charge is -2.12. The van der Waals surface area contributed by atoms with Gasteiger partial charge in [-0.25, -0.2) is 8.78 Å². The third kappa shape index (κ3) is 4.55. The maximum Gasteiger partial charge on any atom is 0.324 e. The third-order valence-corrected chi connectivity index (χ3v) is 4.22. The van der Waals surface area contributed by atoms with E-state index in [9.17, 15) is 13.3 Å². The first-order valence-electron chi connectivity index (χ1n) is 6.76. The Balaban J connectivity index is 2.10. The zero-order chi connectivity index (χ0) is 17.0. The zero-order valence-electron chi connectivity index (χ0n) is 12.9. The Morgan fingerprint density at radius 3 is 2.74 bits per heavy atom. The van der Waals surface area contributed by atoms with Crippen LogP contribution >= 0.6 is 0 Å². The molecule has 126 valence electrons. The highest BCUT2D eigenvalue weighted by Gasteiger charge is 2.21. The summed E-state index contributed by atoms with van der Waals surface area (Å²) in [5.41, 5.74) is 2.18. The van der Waals surface area contributed by atoms with Crippen molar-refractivity contribution in [2.75, 3.05) is 13.7 Å². The van der Waals surface area contributed by atoms with Crippen LogP contribution in [0.2, 0.25) is 0 Å². The Bertz CT molecular complexity index is 667. The molecule has 2 heterocycles. The molecule has 9 heteroatoms. The molecule has 0 amide bonds. The number of nitrogens with zero attached hydrogens (tertiary/aromatic N) is 2. The highest BCUT2D eigenvalue weighted by atomic mass is 32.2. The average Bonchev–Trinajstić information content (AvgIpc) is 2.97. The molecule has 0 aliphatic heterocycles. The molecule has 0 fully saturated rings. The van der Waals surface area contributed by atoms with Gasteiger partial charge in [-0.05, 0) is 13.8 Å². The molecule has 0 saturated carbocycles. The molecule has 0 bridgehead atoms. The SMILES string of the molecule is COc1cc(C)nc(C[S+]([O-])c2nc(OCC(F)F)c[nH]2)c1C. The van der Waals surface area contributed by atoms with Gasteiger partial charge in [0.1, 0.15) is 5.75 Å². The first-order chi connectivity index (χ1) is 10.9. The summed E-state index contributed by atoms with van der Waals surface area (Å²) >= 11 is -1.51. The van der Waals surface area contributed by atoms with Crippen molar-refractivity contribution in [2.24, 2.45) is 0 Å². The van der Waals surface area contributed by atoms with Crippen LogP contribution in [0.4, 0.5) is 8.78 Å². The van der Waals surface area contributed by atoms with E-state index in [1.54, 1.807) is 13.2 Å². The van der Waals surface area contributed by atoms with Crippen LogP contribution in [0.5, 0.6) is 11.6 Å². The van der Waals surface area contributed by atoms with Gasteiger partial charge in [0.05, 0.1) is 19.0 Å². The number of aromatic nitrogens is 3. The van der Waals surface area contributed by atoms with Gasteiger partial charge < -0.3 is 19.0 Å². The molecule has 2 rings (SSSR count). The van der Waals surface area contributed by atoms with Crippen LogP contribution in [0.15, 0.2) is 17.4 Å². The van der Waals surface area contributed by atoms with Gasteiger partial charge in [-0.2, -0.15) is 0 Å². The van der Waals surface area contributed by atoms with Gasteiger partial charge in [-0.3, -0.25) is 4.98 Å². The first kappa shape index (κ1) is 17.5. The standard InChI is InChI=1S/C14H17F2N3O3S/c1-8-4-11(21-3)9(2)10(18-8)7-23(20)14-17-5-13(19-14)22-6-12(15)16/h4-5,12H,6-7H2,1-3H3,(H,17,19). The molecule has 0 saturated heterocycles. The highest BCUT2D eigenvalue weighted by molar-refractivity contribution is 7.90. The van der Waals surface area contributed by atoms with E-state index in [1.165, 1.54) is 6.20 Å². The van der Waals surface area contributed by atoms with Gasteiger partial charge in [-0.1, -0.05) is 0 Å². The van der Waals surface area contributed by atoms with Gasteiger partial charge in [-0.15, -0.1) is 4.98 Å². The number of aryl methyl sites for hydroxylation is 1. The Morgan fingerprint density at radius 2 is 2.09 bits per heavy atom. The normalized spacial score (nSPS) is 12.5. The summed E-state index contributed by atoms with van der Waals surface area (Å²) < 4.78 is 46.6. The second-order valence-electron chi connectivity index (χ2n) is 4.77. The maximum absolute atomic E-state index is 12.4. The van der Waals surface area contributed by atoms with Crippen LogP contribution in [0.3, 0.4) is 0 Å². The summed E-state index contributed by atoms with van der Waals surface area (Å²) in [5.74, 6) is 0.788. The third-order valence-electron chi connectivity index (χ3n) is 3.05. The number of H-pyrrole nitrogens is 1. The van der Waals surface area contributed by atoms with Crippen molar-refractivity contribution in [3.63, 3.8) is 0 Å². The van der Waals surface area contributed by atoms with Crippen LogP contribution in [0.1, 0.15) is 17.0 Å². The first-order valence-corrected chi connectivity index (χ1v) is 8.08. The minimum atomic E-state index is -2.59. The van der Waals surface area contributed by atoms with Crippen LogP contribution in [-0.4, -0.2) is 39.6 Å². The van der Waals surface area contributed by atoms with Crippen molar-refractivity contribution in [1.82, 2.24) is 15.0 Å². The number of alkyl halides is 2. The Morgan fingerprint density at radius 1 is 1.35 bits per heavy atom. The van der Waals surface area contributed by atoms with E-state index in [4.69, 9.17) is 9.47 Å². The van der Waals surface area contributed by atoms with Gasteiger partial charge in [0.25, 0.3) is 6.43 Å². The van der Waals surface area contributed by atoms with Gasteiger partial charge in [0.2, 0.25) is 5.88 Å². The molecule has 23 heavy (non-hydrogen) atoms. The number of halogens is 2. The second kappa shape index (κ2) is 7.60. The van der Waals surface area contributed by atoms with E-state index in [0.29, 0.717) is 11.4 Å². The summed E-state index contributed by atoms with van der Waals surface area (Å²) in [5, 5.41) is 0.149. The number of nitrogens with one attached hydrogen (secondary N) is 1. The fourth-order valence-corrected chi connectivity index (χ4v) is 2.99. The number of hydrogen-bond donors (Lipinski definition) is 1. The number of imidazole rings is 1. The smallest absolute Gasteiger partial charge is 0.324 e. The summed E-state index contributed by atoms with van der Waals surface area (Å²) in [6.45, 7) is 2.89. The van der Waals surface area contributed by atoms with Crippen LogP contribution in [0, 0.1) is 13.8 Å². The fraction of sp³-hybridized carbons (Fsp3) is 0.429.